The number of aliphatic hydroxyl groups excluding tert-OH is 1. The zero-order chi connectivity index (χ0) is 40.3. The summed E-state index contributed by atoms with van der Waals surface area (Å²) in [5.74, 6) is 1.29. The van der Waals surface area contributed by atoms with Crippen molar-refractivity contribution in [1.82, 2.24) is 0 Å². The third-order valence-corrected chi connectivity index (χ3v) is 10.9. The lowest BCUT2D eigenvalue weighted by atomic mass is 9.95. The molecule has 0 spiro atoms. The van der Waals surface area contributed by atoms with Crippen LogP contribution in [0.3, 0.4) is 0 Å². The Morgan fingerprint density at radius 3 is 1.35 bits per heavy atom. The standard InChI is InChI=1S/C24H21FO3.C16H11FO3.C8H12O/c25-22-10-2-16(3-11-22)4-12-23(26)18-6-8-19(9-7-18)24(27)28-15-21-14-17-1-5-20(21)13-17;17-14-8-1-11(2-9-14)3-10-15(18)12-4-6-13(7-5-12)16(19)20;9-5-8-4-6-1-2-7(8)3-6/h1-12,17,20-21H,13-15H2;1-10H,(H,19,20);1-2,6-9H,3-5H2/b12-4+;10-3+;. The second kappa shape index (κ2) is 19.2. The smallest absolute Gasteiger partial charge is 0.338 e. The van der Waals surface area contributed by atoms with E-state index >= 15 is 0 Å². The van der Waals surface area contributed by atoms with Gasteiger partial charge in [0.25, 0.3) is 0 Å². The number of carboxylic acids is 1. The van der Waals surface area contributed by atoms with Crippen LogP contribution in [0.2, 0.25) is 0 Å². The summed E-state index contributed by atoms with van der Waals surface area (Å²) in [6, 6.07) is 23.8. The average Bonchev–Trinajstić information content (AvgIpc) is 4.07. The molecule has 4 aliphatic carbocycles. The van der Waals surface area contributed by atoms with E-state index in [9.17, 15) is 28.0 Å². The molecule has 0 radical (unpaired) electrons. The fraction of sp³-hybridized carbons (Fsp3) is 0.250. The quantitative estimate of drug-likeness (QED) is 0.0675. The van der Waals surface area contributed by atoms with Crippen LogP contribution in [0.5, 0.6) is 0 Å². The van der Waals surface area contributed by atoms with Crippen LogP contribution >= 0.6 is 0 Å². The minimum Gasteiger partial charge on any atom is -0.478 e. The number of aromatic carboxylic acids is 1. The molecule has 2 saturated carbocycles. The molecular formula is C48H44F2O7. The summed E-state index contributed by atoms with van der Waals surface area (Å²) in [5, 5.41) is 17.6. The van der Waals surface area contributed by atoms with Gasteiger partial charge in [0.1, 0.15) is 11.6 Å². The maximum atomic E-state index is 12.9. The number of carboxylic acid groups (broad SMARTS) is 1. The lowest BCUT2D eigenvalue weighted by Crippen LogP contribution is -2.17. The highest BCUT2D eigenvalue weighted by molar-refractivity contribution is 6.08. The summed E-state index contributed by atoms with van der Waals surface area (Å²) in [7, 11) is 0. The number of ether oxygens (including phenoxy) is 1. The van der Waals surface area contributed by atoms with Gasteiger partial charge in [0.05, 0.1) is 17.7 Å². The van der Waals surface area contributed by atoms with E-state index < -0.39 is 5.97 Å². The summed E-state index contributed by atoms with van der Waals surface area (Å²) in [4.78, 5) is 47.1. The first-order valence-electron chi connectivity index (χ1n) is 19.1. The Kier molecular flexibility index (Phi) is 13.7. The van der Waals surface area contributed by atoms with E-state index in [2.05, 4.69) is 24.3 Å². The predicted molar refractivity (Wildman–Crippen MR) is 214 cm³/mol. The molecule has 0 saturated heterocycles. The van der Waals surface area contributed by atoms with Crippen molar-refractivity contribution in [3.63, 3.8) is 0 Å². The Hall–Kier alpha value is -6.06. The van der Waals surface area contributed by atoms with Crippen molar-refractivity contribution in [2.24, 2.45) is 35.5 Å². The Balaban J connectivity index is 0.000000163. The van der Waals surface area contributed by atoms with Gasteiger partial charge in [-0.05, 0) is 133 Å². The minimum atomic E-state index is -1.04. The summed E-state index contributed by atoms with van der Waals surface area (Å²) in [6.07, 6.45) is 19.9. The summed E-state index contributed by atoms with van der Waals surface area (Å²) >= 11 is 0. The van der Waals surface area contributed by atoms with E-state index in [1.54, 1.807) is 60.7 Å². The van der Waals surface area contributed by atoms with Crippen molar-refractivity contribution < 1.29 is 42.9 Å². The van der Waals surface area contributed by atoms with E-state index in [1.165, 1.54) is 79.9 Å². The molecule has 0 amide bonds. The lowest BCUT2D eigenvalue weighted by Gasteiger charge is -2.17. The van der Waals surface area contributed by atoms with Gasteiger partial charge in [-0.15, -0.1) is 0 Å². The normalized spacial score (nSPS) is 22.2. The van der Waals surface area contributed by atoms with Crippen LogP contribution in [0, 0.1) is 47.1 Å². The minimum absolute atomic E-state index is 0.129. The molecule has 292 valence electrons. The number of fused-ring (bicyclic) bond motifs is 4. The number of carbonyl (C=O) groups is 4. The second-order valence-electron chi connectivity index (χ2n) is 14.8. The highest BCUT2D eigenvalue weighted by atomic mass is 19.1. The molecule has 4 aromatic rings. The number of aliphatic hydroxyl groups is 1. The van der Waals surface area contributed by atoms with Gasteiger partial charge in [-0.25, -0.2) is 18.4 Å². The van der Waals surface area contributed by atoms with Gasteiger partial charge in [-0.1, -0.05) is 85.0 Å². The predicted octanol–water partition coefficient (Wildman–Crippen LogP) is 9.70. The number of hydrogen-bond donors (Lipinski definition) is 2. The highest BCUT2D eigenvalue weighted by Gasteiger charge is 2.36. The van der Waals surface area contributed by atoms with Crippen molar-refractivity contribution in [2.75, 3.05) is 13.2 Å². The van der Waals surface area contributed by atoms with Crippen LogP contribution in [0.15, 0.2) is 134 Å². The molecule has 57 heavy (non-hydrogen) atoms. The maximum Gasteiger partial charge on any atom is 0.338 e. The van der Waals surface area contributed by atoms with E-state index in [-0.39, 0.29) is 34.7 Å². The summed E-state index contributed by atoms with van der Waals surface area (Å²) in [5.41, 5.74) is 2.90. The monoisotopic (exact) mass is 770 g/mol. The molecule has 8 rings (SSSR count). The molecule has 7 nitrogen and oxygen atoms in total. The number of allylic oxidation sites excluding steroid dienone is 6. The first-order chi connectivity index (χ1) is 27.5. The molecule has 2 N–H and O–H groups in total. The number of carbonyl (C=O) groups excluding carboxylic acids is 3. The fourth-order valence-corrected chi connectivity index (χ4v) is 7.69. The van der Waals surface area contributed by atoms with E-state index in [4.69, 9.17) is 14.9 Å². The van der Waals surface area contributed by atoms with Crippen molar-refractivity contribution in [3.8, 4) is 0 Å². The van der Waals surface area contributed by atoms with Gasteiger partial charge in [0.15, 0.2) is 11.6 Å². The molecular weight excluding hydrogens is 727 g/mol. The molecule has 9 heteroatoms. The van der Waals surface area contributed by atoms with Crippen LogP contribution in [0.4, 0.5) is 8.78 Å². The van der Waals surface area contributed by atoms with Gasteiger partial charge < -0.3 is 14.9 Å². The largest absolute Gasteiger partial charge is 0.478 e. The Bertz CT molecular complexity index is 2150. The van der Waals surface area contributed by atoms with Gasteiger partial charge in [0, 0.05) is 17.7 Å². The number of ketones is 2. The summed E-state index contributed by atoms with van der Waals surface area (Å²) < 4.78 is 31.1. The van der Waals surface area contributed by atoms with Gasteiger partial charge in [0.2, 0.25) is 0 Å². The number of esters is 1. The lowest BCUT2D eigenvalue weighted by molar-refractivity contribution is 0.0420. The van der Waals surface area contributed by atoms with Gasteiger partial charge >= 0.3 is 11.9 Å². The molecule has 0 heterocycles. The first kappa shape index (κ1) is 40.6. The molecule has 0 aliphatic heterocycles. The third kappa shape index (κ3) is 11.3. The van der Waals surface area contributed by atoms with Crippen LogP contribution in [0.1, 0.15) is 78.2 Å². The Labute approximate surface area is 330 Å². The van der Waals surface area contributed by atoms with E-state index in [0.29, 0.717) is 59.1 Å². The maximum absolute atomic E-state index is 12.9. The van der Waals surface area contributed by atoms with Gasteiger partial charge in [-0.3, -0.25) is 9.59 Å². The molecule has 4 bridgehead atoms. The number of benzene rings is 4. The fourth-order valence-electron chi connectivity index (χ4n) is 7.69. The summed E-state index contributed by atoms with van der Waals surface area (Å²) in [6.45, 7) is 0.844. The zero-order valence-electron chi connectivity index (χ0n) is 31.3. The van der Waals surface area contributed by atoms with Crippen molar-refractivity contribution in [3.05, 3.63) is 179 Å². The van der Waals surface area contributed by atoms with Gasteiger partial charge in [-0.2, -0.15) is 0 Å². The second-order valence-corrected chi connectivity index (χ2v) is 14.8. The zero-order valence-corrected chi connectivity index (χ0v) is 31.3. The number of rotatable bonds is 11. The average molecular weight is 771 g/mol. The molecule has 0 aromatic heterocycles. The van der Waals surface area contributed by atoms with E-state index in [1.807, 2.05) is 0 Å². The van der Waals surface area contributed by atoms with E-state index in [0.717, 1.165) is 23.8 Å². The molecule has 6 atom stereocenters. The molecule has 6 unspecified atom stereocenters. The third-order valence-electron chi connectivity index (χ3n) is 10.9. The van der Waals surface area contributed by atoms with Crippen LogP contribution < -0.4 is 0 Å². The Morgan fingerprint density at radius 2 is 0.982 bits per heavy atom. The number of halogens is 2. The van der Waals surface area contributed by atoms with Crippen molar-refractivity contribution in [1.29, 1.82) is 0 Å². The highest BCUT2D eigenvalue weighted by Crippen LogP contribution is 2.44. The Morgan fingerprint density at radius 1 is 0.561 bits per heavy atom. The van der Waals surface area contributed by atoms with Crippen molar-refractivity contribution in [2.45, 2.75) is 25.7 Å². The van der Waals surface area contributed by atoms with Crippen LogP contribution in [-0.4, -0.2) is 46.9 Å². The SMILES string of the molecule is O=C(/C=C/c1ccc(F)cc1)c1ccc(C(=O)OCC2CC3C=CC2C3)cc1.O=C(O)c1ccc(C(=O)/C=C/c2ccc(F)cc2)cc1.OCC1CC2C=CC1C2. The first-order valence-corrected chi connectivity index (χ1v) is 19.1. The molecule has 4 aromatic carbocycles. The topological polar surface area (TPSA) is 118 Å². The van der Waals surface area contributed by atoms with Crippen molar-refractivity contribution >= 4 is 35.7 Å². The number of hydrogen-bond acceptors (Lipinski definition) is 6. The molecule has 4 aliphatic rings. The molecule has 2 fully saturated rings. The van der Waals surface area contributed by atoms with Crippen LogP contribution in [-0.2, 0) is 4.74 Å². The van der Waals surface area contributed by atoms with Crippen LogP contribution in [0.25, 0.3) is 12.2 Å².